The Hall–Kier alpha value is -4.11. The quantitative estimate of drug-likeness (QED) is 0.348. The Balaban J connectivity index is 1.75. The minimum absolute atomic E-state index is 0.194. The lowest BCUT2D eigenvalue weighted by Crippen LogP contribution is -2.10. The number of aromatic nitrogens is 3. The van der Waals surface area contributed by atoms with Crippen molar-refractivity contribution in [1.29, 1.82) is 0 Å². The molecule has 0 saturated heterocycles. The molecule has 2 aromatic heterocycles. The lowest BCUT2D eigenvalue weighted by atomic mass is 10.0. The van der Waals surface area contributed by atoms with Crippen LogP contribution in [-0.4, -0.2) is 21.1 Å². The fraction of sp³-hybridized carbons (Fsp3) is 0.103. The lowest BCUT2D eigenvalue weighted by Gasteiger charge is -2.09. The second-order valence-electron chi connectivity index (χ2n) is 8.31. The molecular formula is C29H23ClN4O. The molecule has 0 spiro atoms. The Morgan fingerprint density at radius 2 is 1.80 bits per heavy atom. The summed E-state index contributed by atoms with van der Waals surface area (Å²) < 4.78 is 1.83. The molecule has 3 aromatic carbocycles. The van der Waals surface area contributed by atoms with E-state index < -0.39 is 0 Å². The van der Waals surface area contributed by atoms with Crippen LogP contribution in [0.2, 0.25) is 5.02 Å². The minimum atomic E-state index is -0.194. The van der Waals surface area contributed by atoms with Crippen molar-refractivity contribution < 1.29 is 0 Å². The zero-order valence-corrected chi connectivity index (χ0v) is 19.9. The van der Waals surface area contributed by atoms with Gasteiger partial charge in [0.25, 0.3) is 5.56 Å². The van der Waals surface area contributed by atoms with Gasteiger partial charge in [-0.25, -0.2) is 4.52 Å². The third kappa shape index (κ3) is 4.63. The van der Waals surface area contributed by atoms with Crippen molar-refractivity contribution in [3.63, 3.8) is 0 Å². The van der Waals surface area contributed by atoms with E-state index in [0.717, 1.165) is 39.1 Å². The van der Waals surface area contributed by atoms with Gasteiger partial charge >= 0.3 is 0 Å². The Morgan fingerprint density at radius 3 is 2.51 bits per heavy atom. The summed E-state index contributed by atoms with van der Waals surface area (Å²) in [7, 11) is 0. The molecule has 5 aromatic rings. The van der Waals surface area contributed by atoms with Crippen molar-refractivity contribution >= 4 is 17.2 Å². The minimum Gasteiger partial charge on any atom is -0.320 e. The molecule has 35 heavy (non-hydrogen) atoms. The zero-order chi connectivity index (χ0) is 24.4. The number of fused-ring (bicyclic) bond motifs is 1. The highest BCUT2D eigenvalue weighted by Crippen LogP contribution is 2.32. The maximum absolute atomic E-state index is 12.8. The number of hydrogen-bond acceptors (Lipinski definition) is 3. The first-order valence-corrected chi connectivity index (χ1v) is 11.7. The third-order valence-electron chi connectivity index (χ3n) is 5.88. The van der Waals surface area contributed by atoms with Gasteiger partial charge in [-0.3, -0.25) is 4.79 Å². The molecule has 0 unspecified atom stereocenters. The van der Waals surface area contributed by atoms with E-state index in [-0.39, 0.29) is 5.56 Å². The van der Waals surface area contributed by atoms with Gasteiger partial charge in [-0.15, -0.1) is 0 Å². The second kappa shape index (κ2) is 9.63. The number of nitrogens with one attached hydrogen (secondary N) is 1. The molecule has 5 rings (SSSR count). The first-order valence-electron chi connectivity index (χ1n) is 11.3. The van der Waals surface area contributed by atoms with Crippen molar-refractivity contribution in [3.8, 4) is 34.2 Å². The standard InChI is InChI=1S/C29H23ClN4O/c1-19-16-21(8-5-15-31)9-14-24(19)26-18-27(35)32-29-28(22-10-12-23(30)13-11-22)25(33-34(26)29)17-20-6-3-2-4-7-20/h2-4,6-7,9-14,16,18H,15,17,31H2,1H3,(H,32,35). The average molecular weight is 479 g/mol. The van der Waals surface area contributed by atoms with Crippen LogP contribution in [0.1, 0.15) is 22.4 Å². The average Bonchev–Trinajstić information content (AvgIpc) is 3.21. The predicted octanol–water partition coefficient (Wildman–Crippen LogP) is 5.22. The summed E-state index contributed by atoms with van der Waals surface area (Å²) in [6, 6.07) is 25.3. The van der Waals surface area contributed by atoms with Gasteiger partial charge in [0.1, 0.15) is 5.65 Å². The normalized spacial score (nSPS) is 10.8. The first kappa shape index (κ1) is 22.7. The van der Waals surface area contributed by atoms with Crippen LogP contribution < -0.4 is 11.3 Å². The van der Waals surface area contributed by atoms with Gasteiger partial charge in [0.15, 0.2) is 0 Å². The van der Waals surface area contributed by atoms with E-state index in [0.29, 0.717) is 29.3 Å². The van der Waals surface area contributed by atoms with E-state index in [4.69, 9.17) is 22.4 Å². The number of hydrogen-bond donors (Lipinski definition) is 2. The van der Waals surface area contributed by atoms with Crippen LogP contribution in [0.5, 0.6) is 0 Å². The van der Waals surface area contributed by atoms with Crippen molar-refractivity contribution in [2.75, 3.05) is 6.54 Å². The van der Waals surface area contributed by atoms with Crippen molar-refractivity contribution in [2.24, 2.45) is 5.73 Å². The second-order valence-corrected chi connectivity index (χ2v) is 8.74. The molecular weight excluding hydrogens is 456 g/mol. The summed E-state index contributed by atoms with van der Waals surface area (Å²) in [5.74, 6) is 5.94. The number of aromatic amines is 1. The molecule has 2 heterocycles. The third-order valence-corrected chi connectivity index (χ3v) is 6.13. The molecule has 6 heteroatoms. The summed E-state index contributed by atoms with van der Waals surface area (Å²) >= 11 is 6.16. The maximum atomic E-state index is 12.8. The topological polar surface area (TPSA) is 76.2 Å². The number of rotatable bonds is 4. The summed E-state index contributed by atoms with van der Waals surface area (Å²) in [6.45, 7) is 2.31. The van der Waals surface area contributed by atoms with Crippen LogP contribution >= 0.6 is 11.6 Å². The SMILES string of the molecule is Cc1cc(C#CCN)ccc1-c1cc(=O)[nH]c2c(-c3ccc(Cl)cc3)c(Cc3ccccc3)nn12. The summed E-state index contributed by atoms with van der Waals surface area (Å²) in [5, 5.41) is 5.66. The van der Waals surface area contributed by atoms with Crippen molar-refractivity contribution in [3.05, 3.63) is 117 Å². The van der Waals surface area contributed by atoms with Crippen LogP contribution in [0.25, 0.3) is 28.0 Å². The van der Waals surface area contributed by atoms with Crippen LogP contribution in [0, 0.1) is 18.8 Å². The molecule has 172 valence electrons. The van der Waals surface area contributed by atoms with Crippen molar-refractivity contribution in [1.82, 2.24) is 14.6 Å². The Morgan fingerprint density at radius 1 is 1.03 bits per heavy atom. The zero-order valence-electron chi connectivity index (χ0n) is 19.2. The number of H-pyrrole nitrogens is 1. The number of nitrogens with zero attached hydrogens (tertiary/aromatic N) is 2. The molecule has 0 saturated carbocycles. The molecule has 0 atom stereocenters. The fourth-order valence-corrected chi connectivity index (χ4v) is 4.42. The van der Waals surface area contributed by atoms with E-state index >= 15 is 0 Å². The number of aryl methyl sites for hydroxylation is 1. The number of nitrogens with two attached hydrogens (primary N) is 1. The Labute approximate surface area is 208 Å². The predicted molar refractivity (Wildman–Crippen MR) is 142 cm³/mol. The molecule has 5 nitrogen and oxygen atoms in total. The van der Waals surface area contributed by atoms with Gasteiger partial charge in [-0.2, -0.15) is 5.10 Å². The number of halogens is 1. The van der Waals surface area contributed by atoms with Gasteiger partial charge in [-0.1, -0.05) is 72.0 Å². The van der Waals surface area contributed by atoms with Gasteiger partial charge < -0.3 is 10.7 Å². The van der Waals surface area contributed by atoms with Crippen molar-refractivity contribution in [2.45, 2.75) is 13.3 Å². The van der Waals surface area contributed by atoms with E-state index in [1.54, 1.807) is 6.07 Å². The lowest BCUT2D eigenvalue weighted by molar-refractivity contribution is 0.898. The molecule has 0 fully saturated rings. The van der Waals surface area contributed by atoms with Gasteiger partial charge in [0, 0.05) is 34.2 Å². The van der Waals surface area contributed by atoms with Crippen LogP contribution in [-0.2, 0) is 6.42 Å². The van der Waals surface area contributed by atoms with E-state index in [1.165, 1.54) is 0 Å². The monoisotopic (exact) mass is 478 g/mol. The summed E-state index contributed by atoms with van der Waals surface area (Å²) in [5.41, 5.74) is 13.3. The summed E-state index contributed by atoms with van der Waals surface area (Å²) in [6.07, 6.45) is 0.620. The Bertz CT molecular complexity index is 1640. The van der Waals surface area contributed by atoms with Crippen LogP contribution in [0.15, 0.2) is 83.7 Å². The highest BCUT2D eigenvalue weighted by molar-refractivity contribution is 6.30. The summed E-state index contributed by atoms with van der Waals surface area (Å²) in [4.78, 5) is 15.9. The first-order chi connectivity index (χ1) is 17.0. The molecule has 0 radical (unpaired) electrons. The molecule has 0 aliphatic rings. The maximum Gasteiger partial charge on any atom is 0.251 e. The fourth-order valence-electron chi connectivity index (χ4n) is 4.30. The van der Waals surface area contributed by atoms with E-state index in [9.17, 15) is 4.79 Å². The molecule has 0 bridgehead atoms. The van der Waals surface area contributed by atoms with Gasteiger partial charge in [-0.05, 0) is 47.9 Å². The van der Waals surface area contributed by atoms with E-state index in [2.05, 4.69) is 29.0 Å². The van der Waals surface area contributed by atoms with Crippen LogP contribution in [0.3, 0.4) is 0 Å². The highest BCUT2D eigenvalue weighted by atomic mass is 35.5. The van der Waals surface area contributed by atoms with Crippen LogP contribution in [0.4, 0.5) is 0 Å². The smallest absolute Gasteiger partial charge is 0.251 e. The Kier molecular flexibility index (Phi) is 6.24. The van der Waals surface area contributed by atoms with Gasteiger partial charge in [0.2, 0.25) is 0 Å². The van der Waals surface area contributed by atoms with E-state index in [1.807, 2.05) is 72.1 Å². The molecule has 0 aliphatic carbocycles. The molecule has 3 N–H and O–H groups in total. The largest absolute Gasteiger partial charge is 0.320 e. The molecule has 0 aliphatic heterocycles. The molecule has 0 amide bonds. The van der Waals surface area contributed by atoms with Gasteiger partial charge in [0.05, 0.1) is 17.9 Å². The highest BCUT2D eigenvalue weighted by Gasteiger charge is 2.20. The number of benzene rings is 3.